The Morgan fingerprint density at radius 3 is 2.41 bits per heavy atom. The number of hydrogen-bond donors (Lipinski definition) is 0. The van der Waals surface area contributed by atoms with Crippen molar-refractivity contribution in [2.24, 2.45) is 13.0 Å². The van der Waals surface area contributed by atoms with Crippen LogP contribution in [0.1, 0.15) is 62.3 Å². The van der Waals surface area contributed by atoms with Crippen molar-refractivity contribution >= 4 is 21.4 Å². The Hall–Kier alpha value is -2.97. The van der Waals surface area contributed by atoms with Crippen molar-refractivity contribution in [2.45, 2.75) is 62.2 Å². The fourth-order valence-corrected chi connectivity index (χ4v) is 6.01. The van der Waals surface area contributed by atoms with Gasteiger partial charge in [-0.1, -0.05) is 30.7 Å². The number of anilines is 1. The number of aromatic nitrogens is 2. The van der Waals surface area contributed by atoms with Crippen molar-refractivity contribution in [3.63, 3.8) is 0 Å². The molecule has 2 heterocycles. The van der Waals surface area contributed by atoms with Crippen LogP contribution in [0.25, 0.3) is 11.1 Å². The first-order valence-electron chi connectivity index (χ1n) is 14.1. The second kappa shape index (κ2) is 12.0. The standard InChI is InChI=1S/C31H39N3O4S/c1-33-27(22-30(32-33)24-10-11-24)8-4-3-5-18-34(31(35)25-16-19-38-20-17-25)28-9-6-7-26(21-28)23-12-14-29(15-13-23)39(2,36)37/h6-7,9,12-15,21-22,24-25H,3-5,8,10-11,16-20H2,1-2H3. The van der Waals surface area contributed by atoms with Gasteiger partial charge in [0.2, 0.25) is 5.91 Å². The average molecular weight is 550 g/mol. The SMILES string of the molecule is Cn1nc(C2CC2)cc1CCCCCN(C(=O)C1CCOCC1)c1cccc(-c2ccc(S(C)(=O)=O)cc2)c1. The van der Waals surface area contributed by atoms with Crippen molar-refractivity contribution in [2.75, 3.05) is 30.9 Å². The molecule has 3 aromatic rings. The third-order valence-corrected chi connectivity index (χ3v) is 9.04. The summed E-state index contributed by atoms with van der Waals surface area (Å²) in [7, 11) is -1.21. The monoisotopic (exact) mass is 549 g/mol. The molecule has 0 atom stereocenters. The maximum atomic E-state index is 13.7. The molecule has 2 aliphatic rings. The van der Waals surface area contributed by atoms with Crippen molar-refractivity contribution in [1.29, 1.82) is 0 Å². The molecule has 1 saturated carbocycles. The van der Waals surface area contributed by atoms with Crippen molar-refractivity contribution in [3.8, 4) is 11.1 Å². The highest BCUT2D eigenvalue weighted by Crippen LogP contribution is 2.39. The van der Waals surface area contributed by atoms with E-state index < -0.39 is 9.84 Å². The van der Waals surface area contributed by atoms with Gasteiger partial charge in [-0.15, -0.1) is 0 Å². The summed E-state index contributed by atoms with van der Waals surface area (Å²) >= 11 is 0. The first-order valence-corrected chi connectivity index (χ1v) is 16.0. The van der Waals surface area contributed by atoms with Gasteiger partial charge in [-0.2, -0.15) is 5.10 Å². The number of nitrogens with zero attached hydrogens (tertiary/aromatic N) is 3. The number of unbranched alkanes of at least 4 members (excludes halogenated alkanes) is 2. The van der Waals surface area contributed by atoms with Gasteiger partial charge in [0.25, 0.3) is 0 Å². The largest absolute Gasteiger partial charge is 0.381 e. The zero-order chi connectivity index (χ0) is 27.4. The summed E-state index contributed by atoms with van der Waals surface area (Å²) in [6.45, 7) is 1.93. The van der Waals surface area contributed by atoms with E-state index in [-0.39, 0.29) is 11.8 Å². The van der Waals surface area contributed by atoms with Gasteiger partial charge in [-0.3, -0.25) is 9.48 Å². The predicted molar refractivity (Wildman–Crippen MR) is 154 cm³/mol. The maximum absolute atomic E-state index is 13.7. The summed E-state index contributed by atoms with van der Waals surface area (Å²) in [5.41, 5.74) is 5.30. The third-order valence-electron chi connectivity index (χ3n) is 7.92. The van der Waals surface area contributed by atoms with Crippen molar-refractivity contribution < 1.29 is 17.9 Å². The summed E-state index contributed by atoms with van der Waals surface area (Å²) < 4.78 is 31.3. The van der Waals surface area contributed by atoms with Crippen LogP contribution in [0.3, 0.4) is 0 Å². The molecule has 0 bridgehead atoms. The maximum Gasteiger partial charge on any atom is 0.230 e. The van der Waals surface area contributed by atoms with Gasteiger partial charge >= 0.3 is 0 Å². The van der Waals surface area contributed by atoms with Gasteiger partial charge in [-0.25, -0.2) is 8.42 Å². The summed E-state index contributed by atoms with van der Waals surface area (Å²) in [6, 6.07) is 17.2. The Morgan fingerprint density at radius 1 is 0.974 bits per heavy atom. The van der Waals surface area contributed by atoms with Gasteiger partial charge in [0, 0.05) is 56.3 Å². The zero-order valence-electron chi connectivity index (χ0n) is 23.0. The highest BCUT2D eigenvalue weighted by Gasteiger charge is 2.28. The van der Waals surface area contributed by atoms with Gasteiger partial charge in [-0.05, 0) is 86.4 Å². The molecule has 1 aliphatic carbocycles. The van der Waals surface area contributed by atoms with E-state index in [4.69, 9.17) is 4.74 Å². The van der Waals surface area contributed by atoms with E-state index >= 15 is 0 Å². The average Bonchev–Trinajstić information content (AvgIpc) is 3.73. The van der Waals surface area contributed by atoms with Crippen LogP contribution in [0, 0.1) is 5.92 Å². The van der Waals surface area contributed by atoms with E-state index in [9.17, 15) is 13.2 Å². The smallest absolute Gasteiger partial charge is 0.230 e. The van der Waals surface area contributed by atoms with E-state index in [0.717, 1.165) is 55.3 Å². The molecule has 1 amide bonds. The van der Waals surface area contributed by atoms with E-state index in [1.54, 1.807) is 12.1 Å². The fourth-order valence-electron chi connectivity index (χ4n) is 5.38. The van der Waals surface area contributed by atoms with Crippen LogP contribution in [0.2, 0.25) is 0 Å². The number of aryl methyl sites for hydroxylation is 2. The van der Waals surface area contributed by atoms with Crippen LogP contribution in [0.15, 0.2) is 59.5 Å². The summed E-state index contributed by atoms with van der Waals surface area (Å²) in [5, 5.41) is 4.69. The molecule has 7 nitrogen and oxygen atoms in total. The molecular formula is C31H39N3O4S. The molecular weight excluding hydrogens is 510 g/mol. The number of carbonyl (C=O) groups is 1. The molecule has 1 aliphatic heterocycles. The van der Waals surface area contributed by atoms with Crippen LogP contribution >= 0.6 is 0 Å². The number of benzene rings is 2. The lowest BCUT2D eigenvalue weighted by atomic mass is 9.97. The Labute approximate surface area is 232 Å². The molecule has 39 heavy (non-hydrogen) atoms. The van der Waals surface area contributed by atoms with Gasteiger partial charge < -0.3 is 9.64 Å². The molecule has 2 fully saturated rings. The second-order valence-electron chi connectivity index (χ2n) is 11.0. The molecule has 1 saturated heterocycles. The van der Waals surface area contributed by atoms with Crippen molar-refractivity contribution in [3.05, 3.63) is 66.0 Å². The second-order valence-corrected chi connectivity index (χ2v) is 13.0. The van der Waals surface area contributed by atoms with Crippen LogP contribution in [0.5, 0.6) is 0 Å². The number of rotatable bonds is 11. The Bertz CT molecular complexity index is 1390. The quantitative estimate of drug-likeness (QED) is 0.293. The first kappa shape index (κ1) is 27.6. The molecule has 2 aromatic carbocycles. The number of amides is 1. The van der Waals surface area contributed by atoms with Gasteiger partial charge in [0.1, 0.15) is 0 Å². The Kier molecular flexibility index (Phi) is 8.52. The molecule has 5 rings (SSSR count). The van der Waals surface area contributed by atoms with Crippen LogP contribution in [-0.2, 0) is 32.8 Å². The van der Waals surface area contributed by atoms with E-state index in [1.807, 2.05) is 53.0 Å². The lowest BCUT2D eigenvalue weighted by Gasteiger charge is -2.30. The van der Waals surface area contributed by atoms with Crippen LogP contribution in [0.4, 0.5) is 5.69 Å². The predicted octanol–water partition coefficient (Wildman–Crippen LogP) is 5.54. The molecule has 0 radical (unpaired) electrons. The van der Waals surface area contributed by atoms with Crippen LogP contribution < -0.4 is 4.90 Å². The van der Waals surface area contributed by atoms with E-state index in [0.29, 0.717) is 30.6 Å². The highest BCUT2D eigenvalue weighted by atomic mass is 32.2. The number of sulfone groups is 1. The Morgan fingerprint density at radius 2 is 1.72 bits per heavy atom. The highest BCUT2D eigenvalue weighted by molar-refractivity contribution is 7.90. The van der Waals surface area contributed by atoms with Gasteiger partial charge in [0.15, 0.2) is 9.84 Å². The van der Waals surface area contributed by atoms with Crippen molar-refractivity contribution in [1.82, 2.24) is 9.78 Å². The van der Waals surface area contributed by atoms with Crippen LogP contribution in [-0.4, -0.2) is 50.1 Å². The summed E-state index contributed by atoms with van der Waals surface area (Å²) in [5.74, 6) is 0.818. The minimum absolute atomic E-state index is 0.0215. The minimum Gasteiger partial charge on any atom is -0.381 e. The lowest BCUT2D eigenvalue weighted by Crippen LogP contribution is -2.39. The van der Waals surface area contributed by atoms with Gasteiger partial charge in [0.05, 0.1) is 10.6 Å². The zero-order valence-corrected chi connectivity index (χ0v) is 23.8. The molecule has 0 unspecified atom stereocenters. The lowest BCUT2D eigenvalue weighted by molar-refractivity contribution is -0.125. The number of hydrogen-bond acceptors (Lipinski definition) is 5. The molecule has 208 valence electrons. The normalized spacial score (nSPS) is 16.4. The number of ether oxygens (including phenoxy) is 1. The molecule has 8 heteroatoms. The topological polar surface area (TPSA) is 81.5 Å². The number of carbonyl (C=O) groups excluding carboxylic acids is 1. The third kappa shape index (κ3) is 6.97. The van der Waals surface area contributed by atoms with E-state index in [1.165, 1.54) is 30.5 Å². The minimum atomic E-state index is -3.25. The fraction of sp³-hybridized carbons (Fsp3) is 0.484. The first-order chi connectivity index (χ1) is 18.8. The molecule has 0 spiro atoms. The summed E-state index contributed by atoms with van der Waals surface area (Å²) in [4.78, 5) is 16.0. The Balaban J connectivity index is 1.27. The summed E-state index contributed by atoms with van der Waals surface area (Å²) in [6.07, 6.45) is 9.28. The molecule has 0 N–H and O–H groups in total. The van der Waals surface area contributed by atoms with E-state index in [2.05, 4.69) is 11.2 Å². The molecule has 1 aromatic heterocycles.